The number of aromatic nitrogens is 2. The summed E-state index contributed by atoms with van der Waals surface area (Å²) in [6, 6.07) is 6.18. The highest BCUT2D eigenvalue weighted by Crippen LogP contribution is 2.39. The Morgan fingerprint density at radius 3 is 2.57 bits per heavy atom. The molecule has 21 heavy (non-hydrogen) atoms. The first-order valence-electron chi connectivity index (χ1n) is 7.29. The van der Waals surface area contributed by atoms with Gasteiger partial charge in [-0.25, -0.2) is 0 Å². The van der Waals surface area contributed by atoms with Gasteiger partial charge in [-0.05, 0) is 30.5 Å². The number of aryl methyl sites for hydroxylation is 2. The molecule has 2 rings (SSSR count). The maximum absolute atomic E-state index is 6.28. The van der Waals surface area contributed by atoms with E-state index in [0.29, 0.717) is 5.82 Å². The third-order valence-electron chi connectivity index (χ3n) is 4.31. The van der Waals surface area contributed by atoms with Gasteiger partial charge in [-0.2, -0.15) is 5.10 Å². The fourth-order valence-corrected chi connectivity index (χ4v) is 2.44. The summed E-state index contributed by atoms with van der Waals surface area (Å²) in [6.45, 7) is 8.60. The van der Waals surface area contributed by atoms with E-state index in [-0.39, 0.29) is 5.41 Å². The largest absolute Gasteiger partial charge is 0.496 e. The van der Waals surface area contributed by atoms with E-state index in [4.69, 9.17) is 10.5 Å². The van der Waals surface area contributed by atoms with Crippen LogP contribution in [0, 0.1) is 6.92 Å². The average Bonchev–Trinajstić information content (AvgIpc) is 2.76. The monoisotopic (exact) mass is 287 g/mol. The Morgan fingerprint density at radius 1 is 1.33 bits per heavy atom. The van der Waals surface area contributed by atoms with Crippen LogP contribution < -0.4 is 10.5 Å². The highest BCUT2D eigenvalue weighted by atomic mass is 16.5. The van der Waals surface area contributed by atoms with Crippen molar-refractivity contribution in [2.45, 2.75) is 39.5 Å². The maximum atomic E-state index is 6.28. The second-order valence-electron chi connectivity index (χ2n) is 6.15. The summed E-state index contributed by atoms with van der Waals surface area (Å²) in [5.41, 5.74) is 10.5. The first-order valence-corrected chi connectivity index (χ1v) is 7.29. The fourth-order valence-electron chi connectivity index (χ4n) is 2.44. The van der Waals surface area contributed by atoms with Crippen molar-refractivity contribution in [3.8, 4) is 16.9 Å². The minimum absolute atomic E-state index is 0.0250. The molecule has 1 aromatic heterocycles. The van der Waals surface area contributed by atoms with Gasteiger partial charge in [0.15, 0.2) is 0 Å². The van der Waals surface area contributed by atoms with Crippen molar-refractivity contribution in [1.29, 1.82) is 0 Å². The van der Waals surface area contributed by atoms with Crippen LogP contribution in [0.15, 0.2) is 18.2 Å². The van der Waals surface area contributed by atoms with E-state index < -0.39 is 0 Å². The van der Waals surface area contributed by atoms with Crippen LogP contribution in [-0.4, -0.2) is 16.9 Å². The Labute approximate surface area is 126 Å². The molecule has 0 fully saturated rings. The van der Waals surface area contributed by atoms with Crippen molar-refractivity contribution >= 4 is 5.82 Å². The predicted octanol–water partition coefficient (Wildman–Crippen LogP) is 3.67. The fraction of sp³-hybridized carbons (Fsp3) is 0.471. The van der Waals surface area contributed by atoms with E-state index in [1.165, 1.54) is 0 Å². The van der Waals surface area contributed by atoms with Crippen LogP contribution in [-0.2, 0) is 12.5 Å². The van der Waals surface area contributed by atoms with E-state index in [1.54, 1.807) is 11.8 Å². The standard InChI is InChI=1S/C17H25N3O/c1-7-17(3,4)15-14(16(18)20(5)19-15)12-9-8-11(2)13(10-12)21-6/h8-10H,7,18H2,1-6H3. The van der Waals surface area contributed by atoms with E-state index in [0.717, 1.165) is 34.6 Å². The van der Waals surface area contributed by atoms with Gasteiger partial charge >= 0.3 is 0 Å². The zero-order valence-electron chi connectivity index (χ0n) is 13.8. The van der Waals surface area contributed by atoms with Gasteiger partial charge in [0.05, 0.1) is 12.8 Å². The zero-order valence-corrected chi connectivity index (χ0v) is 13.8. The van der Waals surface area contributed by atoms with E-state index in [2.05, 4.69) is 38.0 Å². The van der Waals surface area contributed by atoms with E-state index in [9.17, 15) is 0 Å². The summed E-state index contributed by atoms with van der Waals surface area (Å²) < 4.78 is 7.20. The topological polar surface area (TPSA) is 53.1 Å². The summed E-state index contributed by atoms with van der Waals surface area (Å²) in [5, 5.41) is 4.66. The maximum Gasteiger partial charge on any atom is 0.129 e. The van der Waals surface area contributed by atoms with E-state index >= 15 is 0 Å². The van der Waals surface area contributed by atoms with Crippen molar-refractivity contribution in [3.05, 3.63) is 29.5 Å². The predicted molar refractivity (Wildman–Crippen MR) is 87.7 cm³/mol. The Bertz CT molecular complexity index is 656. The van der Waals surface area contributed by atoms with Crippen molar-refractivity contribution in [1.82, 2.24) is 9.78 Å². The lowest BCUT2D eigenvalue weighted by Gasteiger charge is -2.22. The molecule has 114 valence electrons. The molecule has 0 aliphatic carbocycles. The molecule has 0 bridgehead atoms. The van der Waals surface area contributed by atoms with Crippen molar-refractivity contribution in [3.63, 3.8) is 0 Å². The number of nitrogens with zero attached hydrogens (tertiary/aromatic N) is 2. The lowest BCUT2D eigenvalue weighted by atomic mass is 9.82. The molecule has 2 N–H and O–H groups in total. The molecule has 0 saturated heterocycles. The molecule has 0 amide bonds. The van der Waals surface area contributed by atoms with Crippen LogP contribution in [0.3, 0.4) is 0 Å². The number of ether oxygens (including phenoxy) is 1. The number of rotatable bonds is 4. The molecule has 0 aliphatic rings. The SMILES string of the molecule is CCC(C)(C)c1nn(C)c(N)c1-c1ccc(C)c(OC)c1. The summed E-state index contributed by atoms with van der Waals surface area (Å²) >= 11 is 0. The number of hydrogen-bond donors (Lipinski definition) is 1. The molecule has 0 radical (unpaired) electrons. The second-order valence-corrected chi connectivity index (χ2v) is 6.15. The van der Waals surface area contributed by atoms with Crippen LogP contribution in [0.4, 0.5) is 5.82 Å². The van der Waals surface area contributed by atoms with Crippen LogP contribution in [0.1, 0.15) is 38.4 Å². The summed E-state index contributed by atoms with van der Waals surface area (Å²) in [7, 11) is 3.58. The van der Waals surface area contributed by atoms with Gasteiger partial charge in [0, 0.05) is 18.0 Å². The molecule has 1 heterocycles. The second kappa shape index (κ2) is 5.43. The number of anilines is 1. The molecule has 2 aromatic rings. The molecular formula is C17H25N3O. The van der Waals surface area contributed by atoms with E-state index in [1.807, 2.05) is 20.0 Å². The molecule has 4 heteroatoms. The number of hydrogen-bond acceptors (Lipinski definition) is 3. The number of benzene rings is 1. The molecule has 0 spiro atoms. The Kier molecular flexibility index (Phi) is 3.99. The minimum atomic E-state index is -0.0250. The van der Waals surface area contributed by atoms with Crippen molar-refractivity contribution in [2.75, 3.05) is 12.8 Å². The molecule has 0 unspecified atom stereocenters. The molecule has 0 aliphatic heterocycles. The first kappa shape index (κ1) is 15.4. The quantitative estimate of drug-likeness (QED) is 0.933. The average molecular weight is 287 g/mol. The van der Waals surface area contributed by atoms with Gasteiger partial charge in [0.1, 0.15) is 11.6 Å². The Hall–Kier alpha value is -1.97. The molecule has 1 aromatic carbocycles. The Balaban J connectivity index is 2.69. The highest BCUT2D eigenvalue weighted by Gasteiger charge is 2.28. The zero-order chi connectivity index (χ0) is 15.8. The lowest BCUT2D eigenvalue weighted by molar-refractivity contribution is 0.412. The normalized spacial score (nSPS) is 11.7. The number of nitrogen functional groups attached to an aromatic ring is 1. The lowest BCUT2D eigenvalue weighted by Crippen LogP contribution is -2.17. The summed E-state index contributed by atoms with van der Waals surface area (Å²) in [6.07, 6.45) is 0.999. The van der Waals surface area contributed by atoms with Crippen molar-refractivity contribution < 1.29 is 4.74 Å². The van der Waals surface area contributed by atoms with Gasteiger partial charge in [-0.3, -0.25) is 4.68 Å². The molecule has 0 saturated carbocycles. The minimum Gasteiger partial charge on any atom is -0.496 e. The van der Waals surface area contributed by atoms with Crippen LogP contribution in [0.2, 0.25) is 0 Å². The number of nitrogens with two attached hydrogens (primary N) is 1. The smallest absolute Gasteiger partial charge is 0.129 e. The van der Waals surface area contributed by atoms with Gasteiger partial charge in [0.2, 0.25) is 0 Å². The first-order chi connectivity index (χ1) is 9.81. The molecular weight excluding hydrogens is 262 g/mol. The third-order valence-corrected chi connectivity index (χ3v) is 4.31. The van der Waals surface area contributed by atoms with Crippen LogP contribution >= 0.6 is 0 Å². The molecule has 4 nitrogen and oxygen atoms in total. The van der Waals surface area contributed by atoms with Gasteiger partial charge in [0.25, 0.3) is 0 Å². The van der Waals surface area contributed by atoms with Crippen LogP contribution in [0.25, 0.3) is 11.1 Å². The van der Waals surface area contributed by atoms with Gasteiger partial charge in [-0.15, -0.1) is 0 Å². The van der Waals surface area contributed by atoms with Crippen molar-refractivity contribution in [2.24, 2.45) is 7.05 Å². The Morgan fingerprint density at radius 2 is 2.00 bits per heavy atom. The van der Waals surface area contributed by atoms with Gasteiger partial charge in [-0.1, -0.05) is 32.9 Å². The highest BCUT2D eigenvalue weighted by molar-refractivity contribution is 5.78. The van der Waals surface area contributed by atoms with Crippen LogP contribution in [0.5, 0.6) is 5.75 Å². The van der Waals surface area contributed by atoms with Gasteiger partial charge < -0.3 is 10.5 Å². The summed E-state index contributed by atoms with van der Waals surface area (Å²) in [4.78, 5) is 0. The third kappa shape index (κ3) is 2.62. The number of methoxy groups -OCH3 is 1. The summed E-state index contributed by atoms with van der Waals surface area (Å²) in [5.74, 6) is 1.56. The molecule has 0 atom stereocenters.